The summed E-state index contributed by atoms with van der Waals surface area (Å²) in [5.41, 5.74) is 0.469. The van der Waals surface area contributed by atoms with Gasteiger partial charge in [-0.25, -0.2) is 4.68 Å². The summed E-state index contributed by atoms with van der Waals surface area (Å²) in [6, 6.07) is 0.351. The molecule has 0 saturated carbocycles. The van der Waals surface area contributed by atoms with Crippen LogP contribution in [0.4, 0.5) is 0 Å². The number of hydrogen-bond acceptors (Lipinski definition) is 5. The number of likely N-dealkylation sites (N-methyl/N-ethyl adjacent to an activating group) is 1. The van der Waals surface area contributed by atoms with Gasteiger partial charge in [-0.15, -0.1) is 5.10 Å². The van der Waals surface area contributed by atoms with E-state index in [1.807, 2.05) is 4.90 Å². The number of aromatic nitrogens is 3. The number of hydrogen-bond donors (Lipinski definition) is 1. The number of amides is 1. The molecule has 1 aromatic heterocycles. The number of carbonyl (C=O) groups is 1. The molecule has 7 nitrogen and oxygen atoms in total. The summed E-state index contributed by atoms with van der Waals surface area (Å²) in [4.78, 5) is 16.5. The van der Waals surface area contributed by atoms with Gasteiger partial charge in [-0.2, -0.15) is 0 Å². The summed E-state index contributed by atoms with van der Waals surface area (Å²) in [5, 5.41) is 11.3. The molecule has 0 atom stereocenters. The van der Waals surface area contributed by atoms with Crippen LogP contribution in [0.2, 0.25) is 0 Å². The van der Waals surface area contributed by atoms with Crippen molar-refractivity contribution in [1.29, 1.82) is 0 Å². The van der Waals surface area contributed by atoms with Crippen LogP contribution >= 0.6 is 0 Å². The maximum Gasteiger partial charge on any atom is 0.276 e. The third kappa shape index (κ3) is 2.62. The van der Waals surface area contributed by atoms with E-state index in [1.165, 1.54) is 0 Å². The van der Waals surface area contributed by atoms with Gasteiger partial charge >= 0.3 is 0 Å². The Morgan fingerprint density at radius 1 is 1.32 bits per heavy atom. The maximum absolute atomic E-state index is 12.4. The fourth-order valence-electron chi connectivity index (χ4n) is 2.43. The zero-order valence-corrected chi connectivity index (χ0v) is 11.2. The largest absolute Gasteiger partial charge is 0.336 e. The molecule has 0 aliphatic carbocycles. The highest BCUT2D eigenvalue weighted by molar-refractivity contribution is 5.91. The number of nitrogens with zero attached hydrogens (tertiary/aromatic N) is 5. The Morgan fingerprint density at radius 3 is 2.89 bits per heavy atom. The molecule has 1 aromatic rings. The Labute approximate surface area is 112 Å². The lowest BCUT2D eigenvalue weighted by Crippen LogP contribution is -2.43. The first-order valence-corrected chi connectivity index (χ1v) is 6.84. The van der Waals surface area contributed by atoms with E-state index in [2.05, 4.69) is 27.6 Å². The Bertz CT molecular complexity index is 455. The maximum atomic E-state index is 12.4. The molecule has 2 aliphatic heterocycles. The molecule has 0 aromatic carbocycles. The molecule has 0 spiro atoms. The molecular weight excluding hydrogens is 244 g/mol. The van der Waals surface area contributed by atoms with E-state index in [9.17, 15) is 4.79 Å². The average Bonchev–Trinajstić information content (AvgIpc) is 2.69. The SMILES string of the molecule is CN1CCCN(C(=O)c2cn(C3CNC3)nn2)CC1. The van der Waals surface area contributed by atoms with Crippen LogP contribution < -0.4 is 5.32 Å². The number of carbonyl (C=O) groups excluding carboxylic acids is 1. The van der Waals surface area contributed by atoms with Crippen molar-refractivity contribution < 1.29 is 4.79 Å². The third-order valence-corrected chi connectivity index (χ3v) is 3.87. The molecule has 0 radical (unpaired) electrons. The van der Waals surface area contributed by atoms with Crippen LogP contribution in [-0.2, 0) is 0 Å². The van der Waals surface area contributed by atoms with Crippen molar-refractivity contribution in [3.8, 4) is 0 Å². The van der Waals surface area contributed by atoms with E-state index in [0.717, 1.165) is 45.7 Å². The summed E-state index contributed by atoms with van der Waals surface area (Å²) in [6.07, 6.45) is 2.80. The molecule has 3 rings (SSSR count). The van der Waals surface area contributed by atoms with E-state index < -0.39 is 0 Å². The molecular formula is C12H20N6O. The van der Waals surface area contributed by atoms with Crippen molar-refractivity contribution in [1.82, 2.24) is 30.1 Å². The molecule has 3 heterocycles. The third-order valence-electron chi connectivity index (χ3n) is 3.87. The topological polar surface area (TPSA) is 66.3 Å². The van der Waals surface area contributed by atoms with Crippen molar-refractivity contribution in [3.63, 3.8) is 0 Å². The van der Waals surface area contributed by atoms with Gasteiger partial charge in [-0.1, -0.05) is 5.21 Å². The van der Waals surface area contributed by atoms with Crippen LogP contribution in [0, 0.1) is 0 Å². The summed E-state index contributed by atoms with van der Waals surface area (Å²) in [7, 11) is 2.09. The highest BCUT2D eigenvalue weighted by Crippen LogP contribution is 2.12. The smallest absolute Gasteiger partial charge is 0.276 e. The van der Waals surface area contributed by atoms with Gasteiger partial charge in [0, 0.05) is 32.7 Å². The monoisotopic (exact) mass is 264 g/mol. The second kappa shape index (κ2) is 5.26. The quantitative estimate of drug-likeness (QED) is 0.757. The first-order valence-electron chi connectivity index (χ1n) is 6.84. The van der Waals surface area contributed by atoms with Gasteiger partial charge in [-0.05, 0) is 20.0 Å². The molecule has 1 amide bonds. The van der Waals surface area contributed by atoms with Gasteiger partial charge in [0.1, 0.15) is 0 Å². The summed E-state index contributed by atoms with van der Waals surface area (Å²) in [5.74, 6) is 0.00818. The van der Waals surface area contributed by atoms with Gasteiger partial charge in [0.15, 0.2) is 5.69 Å². The van der Waals surface area contributed by atoms with Crippen LogP contribution in [0.5, 0.6) is 0 Å². The van der Waals surface area contributed by atoms with Crippen LogP contribution in [0.3, 0.4) is 0 Å². The van der Waals surface area contributed by atoms with Gasteiger partial charge in [0.25, 0.3) is 5.91 Å². The highest BCUT2D eigenvalue weighted by Gasteiger charge is 2.24. The molecule has 19 heavy (non-hydrogen) atoms. The first-order chi connectivity index (χ1) is 9.24. The molecule has 104 valence electrons. The van der Waals surface area contributed by atoms with E-state index >= 15 is 0 Å². The molecule has 1 N–H and O–H groups in total. The van der Waals surface area contributed by atoms with Crippen LogP contribution in [0.1, 0.15) is 23.0 Å². The molecule has 2 aliphatic rings. The minimum Gasteiger partial charge on any atom is -0.336 e. The van der Waals surface area contributed by atoms with Gasteiger partial charge in [0.05, 0.1) is 12.2 Å². The lowest BCUT2D eigenvalue weighted by atomic mass is 10.2. The van der Waals surface area contributed by atoms with Crippen LogP contribution in [-0.4, -0.2) is 77.0 Å². The normalized spacial score (nSPS) is 22.1. The average molecular weight is 264 g/mol. The lowest BCUT2D eigenvalue weighted by Gasteiger charge is -2.26. The molecule has 0 unspecified atom stereocenters. The minimum absolute atomic E-state index is 0.00818. The highest BCUT2D eigenvalue weighted by atomic mass is 16.2. The Morgan fingerprint density at radius 2 is 2.16 bits per heavy atom. The summed E-state index contributed by atoms with van der Waals surface area (Å²) >= 11 is 0. The lowest BCUT2D eigenvalue weighted by molar-refractivity contribution is 0.0757. The Balaban J connectivity index is 1.67. The van der Waals surface area contributed by atoms with Gasteiger partial charge < -0.3 is 15.1 Å². The predicted molar refractivity (Wildman–Crippen MR) is 69.9 cm³/mol. The van der Waals surface area contributed by atoms with E-state index in [1.54, 1.807) is 10.9 Å². The van der Waals surface area contributed by atoms with Gasteiger partial charge in [-0.3, -0.25) is 4.79 Å². The second-order valence-corrected chi connectivity index (χ2v) is 5.34. The van der Waals surface area contributed by atoms with E-state index in [0.29, 0.717) is 11.7 Å². The van der Waals surface area contributed by atoms with Crippen molar-refractivity contribution in [2.75, 3.05) is 46.3 Å². The van der Waals surface area contributed by atoms with Crippen molar-refractivity contribution in [2.45, 2.75) is 12.5 Å². The molecule has 2 fully saturated rings. The fraction of sp³-hybridized carbons (Fsp3) is 0.750. The fourth-order valence-corrected chi connectivity index (χ4v) is 2.43. The van der Waals surface area contributed by atoms with Crippen molar-refractivity contribution in [3.05, 3.63) is 11.9 Å². The Hall–Kier alpha value is -1.47. The minimum atomic E-state index is 0.00818. The molecule has 7 heteroatoms. The molecule has 0 bridgehead atoms. The van der Waals surface area contributed by atoms with E-state index in [-0.39, 0.29) is 5.91 Å². The van der Waals surface area contributed by atoms with Crippen molar-refractivity contribution >= 4 is 5.91 Å². The summed E-state index contributed by atoms with van der Waals surface area (Å²) in [6.45, 7) is 5.36. The number of nitrogens with one attached hydrogen (secondary N) is 1. The number of rotatable bonds is 2. The van der Waals surface area contributed by atoms with Crippen LogP contribution in [0.15, 0.2) is 6.20 Å². The molecule has 2 saturated heterocycles. The zero-order valence-electron chi connectivity index (χ0n) is 11.2. The van der Waals surface area contributed by atoms with E-state index in [4.69, 9.17) is 0 Å². The summed E-state index contributed by atoms with van der Waals surface area (Å²) < 4.78 is 1.80. The van der Waals surface area contributed by atoms with Gasteiger partial charge in [0.2, 0.25) is 0 Å². The standard InChI is InChI=1S/C12H20N6O/c1-16-3-2-4-17(6-5-16)12(19)11-9-18(15-14-11)10-7-13-8-10/h9-10,13H,2-8H2,1H3. The predicted octanol–water partition coefficient (Wildman–Crippen LogP) is -0.800. The second-order valence-electron chi connectivity index (χ2n) is 5.34. The van der Waals surface area contributed by atoms with Crippen LogP contribution in [0.25, 0.3) is 0 Å². The zero-order chi connectivity index (χ0) is 13.2. The first kappa shape index (κ1) is 12.6. The Kier molecular flexibility index (Phi) is 3.48. The van der Waals surface area contributed by atoms with Crippen molar-refractivity contribution in [2.24, 2.45) is 0 Å².